The van der Waals surface area contributed by atoms with Crippen LogP contribution in [-0.4, -0.2) is 34.1 Å². The number of aromatic carboxylic acids is 1. The van der Waals surface area contributed by atoms with Crippen LogP contribution in [0.4, 0.5) is 5.69 Å². The first-order valence-corrected chi connectivity index (χ1v) is 11.2. The number of thioether (sulfide) groups is 1. The van der Waals surface area contributed by atoms with Crippen LogP contribution in [0, 0.1) is 0 Å². The van der Waals surface area contributed by atoms with E-state index in [9.17, 15) is 14.7 Å². The molecule has 0 bridgehead atoms. The predicted molar refractivity (Wildman–Crippen MR) is 131 cm³/mol. The van der Waals surface area contributed by atoms with E-state index in [-0.39, 0.29) is 11.5 Å². The number of nitrogens with zero attached hydrogens (tertiary/aromatic N) is 2. The van der Waals surface area contributed by atoms with Crippen molar-refractivity contribution in [3.8, 4) is 5.75 Å². The van der Waals surface area contributed by atoms with E-state index in [1.807, 2.05) is 48.5 Å². The molecular formula is C25H19ClN2O4S. The Morgan fingerprint density at radius 3 is 2.64 bits per heavy atom. The number of amides is 1. The summed E-state index contributed by atoms with van der Waals surface area (Å²) in [6.45, 7) is 0.366. The van der Waals surface area contributed by atoms with E-state index in [0.29, 0.717) is 33.1 Å². The number of amidine groups is 1. The van der Waals surface area contributed by atoms with E-state index in [1.54, 1.807) is 25.3 Å². The molecule has 1 N–H and O–H groups in total. The molecule has 0 saturated carbocycles. The van der Waals surface area contributed by atoms with Crippen LogP contribution in [0.2, 0.25) is 5.02 Å². The zero-order valence-electron chi connectivity index (χ0n) is 17.6. The summed E-state index contributed by atoms with van der Waals surface area (Å²) in [6.07, 6.45) is 1.77. The topological polar surface area (TPSA) is 79.2 Å². The Kier molecular flexibility index (Phi) is 6.82. The lowest BCUT2D eigenvalue weighted by Crippen LogP contribution is -2.23. The van der Waals surface area contributed by atoms with Crippen molar-refractivity contribution < 1.29 is 19.4 Å². The van der Waals surface area contributed by atoms with Crippen LogP contribution in [0.1, 0.15) is 21.5 Å². The summed E-state index contributed by atoms with van der Waals surface area (Å²) < 4.78 is 5.99. The third-order valence-electron chi connectivity index (χ3n) is 4.83. The summed E-state index contributed by atoms with van der Waals surface area (Å²) in [5, 5.41) is 10.3. The van der Waals surface area contributed by atoms with Crippen LogP contribution in [0.3, 0.4) is 0 Å². The second-order valence-corrected chi connectivity index (χ2v) is 8.62. The first-order chi connectivity index (χ1) is 15.9. The van der Waals surface area contributed by atoms with E-state index in [2.05, 4.69) is 4.99 Å². The van der Waals surface area contributed by atoms with Gasteiger partial charge in [0.1, 0.15) is 12.4 Å². The molecule has 1 aliphatic heterocycles. The number of carbonyl (C=O) groups is 2. The van der Waals surface area contributed by atoms with Gasteiger partial charge in [0.15, 0.2) is 5.17 Å². The Bertz CT molecular complexity index is 1270. The highest BCUT2D eigenvalue weighted by atomic mass is 35.5. The van der Waals surface area contributed by atoms with Crippen LogP contribution in [-0.2, 0) is 11.4 Å². The lowest BCUT2D eigenvalue weighted by molar-refractivity contribution is -0.121. The molecule has 6 nitrogen and oxygen atoms in total. The maximum Gasteiger partial charge on any atom is 0.335 e. The number of rotatable bonds is 6. The highest BCUT2D eigenvalue weighted by molar-refractivity contribution is 8.18. The maximum atomic E-state index is 12.8. The number of carboxylic acids is 1. The Balaban J connectivity index is 1.56. The molecule has 0 aromatic heterocycles. The first kappa shape index (κ1) is 22.6. The van der Waals surface area contributed by atoms with Gasteiger partial charge in [0.25, 0.3) is 5.91 Å². The Hall–Kier alpha value is -3.55. The molecule has 166 valence electrons. The molecule has 1 amide bonds. The van der Waals surface area contributed by atoms with Gasteiger partial charge < -0.3 is 9.84 Å². The fraction of sp³-hybridized carbons (Fsp3) is 0.0800. The van der Waals surface area contributed by atoms with Gasteiger partial charge in [-0.2, -0.15) is 0 Å². The number of halogens is 1. The monoisotopic (exact) mass is 478 g/mol. The third kappa shape index (κ3) is 5.45. The number of para-hydroxylation sites is 1. The van der Waals surface area contributed by atoms with Gasteiger partial charge in [0.05, 0.1) is 16.2 Å². The van der Waals surface area contributed by atoms with Crippen LogP contribution < -0.4 is 4.74 Å². The second-order valence-electron chi connectivity index (χ2n) is 7.18. The minimum absolute atomic E-state index is 0.136. The van der Waals surface area contributed by atoms with Gasteiger partial charge in [-0.15, -0.1) is 0 Å². The van der Waals surface area contributed by atoms with Crippen molar-refractivity contribution in [1.82, 2.24) is 4.90 Å². The number of carboxylic acid groups (broad SMARTS) is 1. The second kappa shape index (κ2) is 9.94. The SMILES string of the molecule is CN1C(=O)/C(=C/c2ccccc2OCc2ccc(Cl)cc2)SC1=Nc1cccc(C(=O)O)c1. The van der Waals surface area contributed by atoms with Crippen LogP contribution in [0.15, 0.2) is 82.7 Å². The van der Waals surface area contributed by atoms with Crippen molar-refractivity contribution in [2.45, 2.75) is 6.61 Å². The van der Waals surface area contributed by atoms with Crippen LogP contribution >= 0.6 is 23.4 Å². The molecule has 0 aliphatic carbocycles. The molecule has 0 spiro atoms. The highest BCUT2D eigenvalue weighted by Gasteiger charge is 2.30. The van der Waals surface area contributed by atoms with Crippen molar-refractivity contribution in [1.29, 1.82) is 0 Å². The van der Waals surface area contributed by atoms with Gasteiger partial charge in [-0.25, -0.2) is 9.79 Å². The number of hydrogen-bond donors (Lipinski definition) is 1. The Morgan fingerprint density at radius 2 is 1.88 bits per heavy atom. The largest absolute Gasteiger partial charge is 0.488 e. The number of ether oxygens (including phenoxy) is 1. The number of hydrogen-bond acceptors (Lipinski definition) is 5. The highest BCUT2D eigenvalue weighted by Crippen LogP contribution is 2.35. The molecular weight excluding hydrogens is 460 g/mol. The van der Waals surface area contributed by atoms with Crippen molar-refractivity contribution >= 4 is 52.2 Å². The quantitative estimate of drug-likeness (QED) is 0.449. The molecule has 1 fully saturated rings. The molecule has 33 heavy (non-hydrogen) atoms. The minimum Gasteiger partial charge on any atom is -0.488 e. The van der Waals surface area contributed by atoms with Gasteiger partial charge in [0, 0.05) is 17.6 Å². The predicted octanol–water partition coefficient (Wildman–Crippen LogP) is 5.85. The van der Waals surface area contributed by atoms with Gasteiger partial charge in [0.2, 0.25) is 0 Å². The van der Waals surface area contributed by atoms with E-state index in [1.165, 1.54) is 28.8 Å². The van der Waals surface area contributed by atoms with Crippen molar-refractivity contribution in [2.24, 2.45) is 4.99 Å². The average Bonchev–Trinajstić information content (AvgIpc) is 3.07. The number of aliphatic imine (C=N–C) groups is 1. The molecule has 4 rings (SSSR count). The fourth-order valence-corrected chi connectivity index (χ4v) is 4.19. The molecule has 3 aromatic rings. The smallest absolute Gasteiger partial charge is 0.335 e. The minimum atomic E-state index is -1.03. The number of likely N-dealkylation sites (N-methyl/N-ethyl adjacent to an activating group) is 1. The summed E-state index contributed by atoms with van der Waals surface area (Å²) in [7, 11) is 1.64. The normalized spacial score (nSPS) is 15.9. The molecule has 8 heteroatoms. The Morgan fingerprint density at radius 1 is 1.12 bits per heavy atom. The lowest BCUT2D eigenvalue weighted by Gasteiger charge is -2.10. The molecule has 0 unspecified atom stereocenters. The third-order valence-corrected chi connectivity index (χ3v) is 6.15. The van der Waals surface area contributed by atoms with Crippen LogP contribution in [0.25, 0.3) is 6.08 Å². The number of benzene rings is 3. The van der Waals surface area contributed by atoms with Crippen molar-refractivity contribution in [2.75, 3.05) is 7.05 Å². The molecule has 1 saturated heterocycles. The molecule has 0 atom stereocenters. The molecule has 1 aliphatic rings. The summed E-state index contributed by atoms with van der Waals surface area (Å²) in [5.74, 6) is -0.576. The lowest BCUT2D eigenvalue weighted by atomic mass is 10.1. The first-order valence-electron chi connectivity index (χ1n) is 9.96. The summed E-state index contributed by atoms with van der Waals surface area (Å²) in [5.41, 5.74) is 2.34. The van der Waals surface area contributed by atoms with E-state index in [0.717, 1.165) is 11.1 Å². The van der Waals surface area contributed by atoms with E-state index >= 15 is 0 Å². The van der Waals surface area contributed by atoms with E-state index < -0.39 is 5.97 Å². The standard InChI is InChI=1S/C25H19ClN2O4S/c1-28-23(29)22(33-25(28)27-20-7-4-6-18(13-20)24(30)31)14-17-5-2-3-8-21(17)32-15-16-9-11-19(26)12-10-16/h2-14H,15H2,1H3,(H,30,31)/b22-14-,27-25?. The van der Waals surface area contributed by atoms with Crippen molar-refractivity contribution in [3.05, 3.63) is 99.4 Å². The van der Waals surface area contributed by atoms with Crippen LogP contribution in [0.5, 0.6) is 5.75 Å². The van der Waals surface area contributed by atoms with E-state index in [4.69, 9.17) is 16.3 Å². The summed E-state index contributed by atoms with van der Waals surface area (Å²) >= 11 is 7.16. The Labute approximate surface area is 200 Å². The maximum absolute atomic E-state index is 12.8. The summed E-state index contributed by atoms with van der Waals surface area (Å²) in [4.78, 5) is 30.4. The summed E-state index contributed by atoms with van der Waals surface area (Å²) in [6, 6.07) is 21.2. The van der Waals surface area contributed by atoms with Gasteiger partial charge in [-0.05, 0) is 59.8 Å². The van der Waals surface area contributed by atoms with Gasteiger partial charge >= 0.3 is 5.97 Å². The van der Waals surface area contributed by atoms with Gasteiger partial charge in [-0.1, -0.05) is 48.0 Å². The molecule has 0 radical (unpaired) electrons. The number of carbonyl (C=O) groups excluding carboxylic acids is 1. The van der Waals surface area contributed by atoms with Crippen molar-refractivity contribution in [3.63, 3.8) is 0 Å². The molecule has 3 aromatic carbocycles. The zero-order chi connectivity index (χ0) is 23.4. The zero-order valence-corrected chi connectivity index (χ0v) is 19.1. The van der Waals surface area contributed by atoms with Gasteiger partial charge in [-0.3, -0.25) is 9.69 Å². The fourth-order valence-electron chi connectivity index (χ4n) is 3.08. The molecule has 1 heterocycles. The average molecular weight is 479 g/mol.